The first-order valence-corrected chi connectivity index (χ1v) is 10.8. The van der Waals surface area contributed by atoms with E-state index in [0.29, 0.717) is 33.0 Å². The van der Waals surface area contributed by atoms with Crippen molar-refractivity contribution >= 4 is 39.9 Å². The predicted molar refractivity (Wildman–Crippen MR) is 127 cm³/mol. The highest BCUT2D eigenvalue weighted by atomic mass is 35.5. The third-order valence-corrected chi connectivity index (χ3v) is 5.94. The second kappa shape index (κ2) is 8.35. The minimum atomic E-state index is -0.894. The van der Waals surface area contributed by atoms with Crippen LogP contribution in [0.25, 0.3) is 11.0 Å². The van der Waals surface area contributed by atoms with E-state index in [1.807, 2.05) is 25.1 Å². The normalized spacial score (nSPS) is 15.9. The molecule has 34 heavy (non-hydrogen) atoms. The lowest BCUT2D eigenvalue weighted by Crippen LogP contribution is -2.31. The molecule has 1 amide bonds. The Bertz CT molecular complexity index is 1480. The molecule has 0 bridgehead atoms. The number of benzene rings is 2. The largest absolute Gasteiger partial charge is 0.503 e. The summed E-state index contributed by atoms with van der Waals surface area (Å²) in [6.07, 6.45) is 3.16. The maximum atomic E-state index is 13.7. The van der Waals surface area contributed by atoms with Crippen molar-refractivity contribution in [2.75, 3.05) is 12.0 Å². The summed E-state index contributed by atoms with van der Waals surface area (Å²) in [4.78, 5) is 32.5. The number of hydrogen-bond acceptors (Lipinski definition) is 6. The Morgan fingerprint density at radius 1 is 1.18 bits per heavy atom. The number of carbonyl (C=O) groups is 2. The molecular formula is C26H19ClN2O5. The van der Waals surface area contributed by atoms with Crippen molar-refractivity contribution in [2.24, 2.45) is 0 Å². The summed E-state index contributed by atoms with van der Waals surface area (Å²) < 4.78 is 11.1. The van der Waals surface area contributed by atoms with E-state index in [1.54, 1.807) is 42.7 Å². The first-order valence-electron chi connectivity index (χ1n) is 10.4. The number of hydrogen-bond donors (Lipinski definition) is 1. The number of methoxy groups -OCH3 is 1. The fraction of sp³-hybridized carbons (Fsp3) is 0.115. The number of Topliss-reactive ketones (excluding diaryl/α,β-unsaturated/α-hetero) is 1. The monoisotopic (exact) mass is 474 g/mol. The Balaban J connectivity index is 1.66. The van der Waals surface area contributed by atoms with E-state index >= 15 is 0 Å². The van der Waals surface area contributed by atoms with Crippen molar-refractivity contribution in [3.63, 3.8) is 0 Å². The minimum absolute atomic E-state index is 0.0510. The summed E-state index contributed by atoms with van der Waals surface area (Å²) in [7, 11) is 1.47. The number of nitrogens with zero attached hydrogens (tertiary/aromatic N) is 2. The minimum Gasteiger partial charge on any atom is -0.503 e. The molecule has 0 spiro atoms. The van der Waals surface area contributed by atoms with Crippen LogP contribution in [0.2, 0.25) is 5.02 Å². The van der Waals surface area contributed by atoms with Crippen molar-refractivity contribution in [1.29, 1.82) is 0 Å². The average molecular weight is 475 g/mol. The number of rotatable bonds is 5. The Morgan fingerprint density at radius 2 is 2.00 bits per heavy atom. The topological polar surface area (TPSA) is 92.9 Å². The molecule has 0 saturated carbocycles. The highest BCUT2D eigenvalue weighted by Crippen LogP contribution is 2.43. The second-order valence-corrected chi connectivity index (χ2v) is 8.37. The quantitative estimate of drug-likeness (QED) is 0.379. The SMILES string of the molecule is COc1cc(Cl)cc2cc(C(=O)C3=C(O)C(=O)N(c4cccc(C)c4)C3c3cccnc3)oc12. The molecule has 1 N–H and O–H groups in total. The van der Waals surface area contributed by atoms with Gasteiger partial charge in [-0.05, 0) is 48.4 Å². The number of aryl methyl sites for hydroxylation is 1. The van der Waals surface area contributed by atoms with Gasteiger partial charge in [-0.15, -0.1) is 0 Å². The van der Waals surface area contributed by atoms with Gasteiger partial charge in [0.05, 0.1) is 18.7 Å². The van der Waals surface area contributed by atoms with Gasteiger partial charge in [0.1, 0.15) is 0 Å². The summed E-state index contributed by atoms with van der Waals surface area (Å²) in [5.41, 5.74) is 2.29. The van der Waals surface area contributed by atoms with E-state index in [1.165, 1.54) is 18.1 Å². The highest BCUT2D eigenvalue weighted by Gasteiger charge is 2.45. The predicted octanol–water partition coefficient (Wildman–Crippen LogP) is 5.58. The van der Waals surface area contributed by atoms with Gasteiger partial charge in [0, 0.05) is 34.6 Å². The number of amides is 1. The number of aliphatic hydroxyl groups excluding tert-OH is 1. The van der Waals surface area contributed by atoms with Gasteiger partial charge in [0.25, 0.3) is 5.91 Å². The van der Waals surface area contributed by atoms with Gasteiger partial charge in [0.2, 0.25) is 5.78 Å². The maximum Gasteiger partial charge on any atom is 0.294 e. The van der Waals surface area contributed by atoms with Crippen molar-refractivity contribution in [3.8, 4) is 5.75 Å². The maximum absolute atomic E-state index is 13.7. The van der Waals surface area contributed by atoms with E-state index in [0.717, 1.165) is 5.56 Å². The molecule has 170 valence electrons. The molecule has 1 atom stereocenters. The van der Waals surface area contributed by atoms with Crippen LogP contribution >= 0.6 is 11.6 Å². The number of anilines is 1. The summed E-state index contributed by atoms with van der Waals surface area (Å²) >= 11 is 6.15. The van der Waals surface area contributed by atoms with Crippen LogP contribution in [0.3, 0.4) is 0 Å². The van der Waals surface area contributed by atoms with Crippen molar-refractivity contribution < 1.29 is 23.8 Å². The van der Waals surface area contributed by atoms with Crippen LogP contribution in [0.5, 0.6) is 5.75 Å². The molecule has 0 saturated heterocycles. The number of furan rings is 1. The lowest BCUT2D eigenvalue weighted by Gasteiger charge is -2.26. The summed E-state index contributed by atoms with van der Waals surface area (Å²) in [6.45, 7) is 1.90. The van der Waals surface area contributed by atoms with Gasteiger partial charge in [-0.2, -0.15) is 0 Å². The van der Waals surface area contributed by atoms with Gasteiger partial charge in [-0.3, -0.25) is 19.5 Å². The number of aromatic nitrogens is 1. The molecule has 2 aromatic heterocycles. The van der Waals surface area contributed by atoms with E-state index < -0.39 is 23.5 Å². The molecule has 0 radical (unpaired) electrons. The number of ketones is 1. The molecule has 4 aromatic rings. The summed E-state index contributed by atoms with van der Waals surface area (Å²) in [5, 5.41) is 11.9. The van der Waals surface area contributed by atoms with Gasteiger partial charge >= 0.3 is 0 Å². The van der Waals surface area contributed by atoms with Crippen LogP contribution in [-0.2, 0) is 4.79 Å². The Labute approximate surface area is 199 Å². The molecule has 5 rings (SSSR count). The van der Waals surface area contributed by atoms with Crippen molar-refractivity contribution in [1.82, 2.24) is 4.98 Å². The zero-order valence-electron chi connectivity index (χ0n) is 18.3. The van der Waals surface area contributed by atoms with Gasteiger partial charge in [-0.25, -0.2) is 0 Å². The molecule has 2 aromatic carbocycles. The van der Waals surface area contributed by atoms with Gasteiger partial charge < -0.3 is 14.3 Å². The lowest BCUT2D eigenvalue weighted by atomic mass is 9.95. The molecule has 1 aliphatic rings. The standard InChI is InChI=1S/C26H19ClN2O5/c1-14-5-3-7-18(9-14)29-22(15-6-4-8-28-13-15)21(24(31)26(29)32)23(30)19-11-16-10-17(27)12-20(33-2)25(16)34-19/h3-13,22,31H,1-2H3. The van der Waals surface area contributed by atoms with Crippen LogP contribution in [0.4, 0.5) is 5.69 Å². The second-order valence-electron chi connectivity index (χ2n) is 7.93. The van der Waals surface area contributed by atoms with Crippen LogP contribution in [-0.4, -0.2) is 28.9 Å². The summed E-state index contributed by atoms with van der Waals surface area (Å²) in [5.74, 6) is -1.62. The Kier molecular flexibility index (Phi) is 5.34. The van der Waals surface area contributed by atoms with E-state index in [9.17, 15) is 14.7 Å². The molecule has 8 heteroatoms. The van der Waals surface area contributed by atoms with Crippen LogP contribution in [0, 0.1) is 6.92 Å². The number of pyridine rings is 1. The first kappa shape index (κ1) is 21.7. The molecular weight excluding hydrogens is 456 g/mol. The molecule has 1 unspecified atom stereocenters. The average Bonchev–Trinajstić information content (AvgIpc) is 3.37. The lowest BCUT2D eigenvalue weighted by molar-refractivity contribution is -0.117. The fourth-order valence-electron chi connectivity index (χ4n) is 4.22. The van der Waals surface area contributed by atoms with E-state index in [4.69, 9.17) is 20.8 Å². The third-order valence-electron chi connectivity index (χ3n) is 5.72. The molecule has 3 heterocycles. The zero-order chi connectivity index (χ0) is 24.0. The molecule has 1 aliphatic heterocycles. The number of fused-ring (bicyclic) bond motifs is 1. The van der Waals surface area contributed by atoms with Crippen molar-refractivity contribution in [2.45, 2.75) is 13.0 Å². The Morgan fingerprint density at radius 3 is 2.71 bits per heavy atom. The highest BCUT2D eigenvalue weighted by molar-refractivity contribution is 6.31. The number of ether oxygens (including phenoxy) is 1. The first-order chi connectivity index (χ1) is 16.4. The summed E-state index contributed by atoms with van der Waals surface area (Å²) in [6, 6.07) is 14.6. The number of carbonyl (C=O) groups excluding carboxylic acids is 2. The molecule has 7 nitrogen and oxygen atoms in total. The van der Waals surface area contributed by atoms with Crippen LogP contribution in [0.1, 0.15) is 27.7 Å². The van der Waals surface area contributed by atoms with Crippen LogP contribution < -0.4 is 9.64 Å². The van der Waals surface area contributed by atoms with E-state index in [2.05, 4.69) is 4.98 Å². The third kappa shape index (κ3) is 3.50. The van der Waals surface area contributed by atoms with Crippen molar-refractivity contribution in [3.05, 3.63) is 100 Å². The molecule has 0 aliphatic carbocycles. The van der Waals surface area contributed by atoms with Gasteiger partial charge in [0.15, 0.2) is 22.9 Å². The number of halogens is 1. The molecule has 0 fully saturated rings. The number of aliphatic hydroxyl groups is 1. The Hall–Kier alpha value is -4.10. The smallest absolute Gasteiger partial charge is 0.294 e. The van der Waals surface area contributed by atoms with Gasteiger partial charge in [-0.1, -0.05) is 29.8 Å². The zero-order valence-corrected chi connectivity index (χ0v) is 19.0. The van der Waals surface area contributed by atoms with Crippen LogP contribution in [0.15, 0.2) is 82.7 Å². The fourth-order valence-corrected chi connectivity index (χ4v) is 4.43. The van der Waals surface area contributed by atoms with E-state index in [-0.39, 0.29) is 11.3 Å².